The van der Waals surface area contributed by atoms with Gasteiger partial charge in [-0.05, 0) is 34.9 Å². The summed E-state index contributed by atoms with van der Waals surface area (Å²) in [6.07, 6.45) is 0. The minimum Gasteiger partial charge on any atom is -0.326 e. The normalized spacial score (nSPS) is 13.4. The average molecular weight is 203 g/mol. The molecule has 0 fully saturated rings. The maximum Gasteiger partial charge on any atom is 0.0295 e. The molecule has 2 N–H and O–H groups in total. The van der Waals surface area contributed by atoms with Crippen LogP contribution in [0, 0.1) is 0 Å². The van der Waals surface area contributed by atoms with Crippen LogP contribution in [0.25, 0.3) is 0 Å². The summed E-state index contributed by atoms with van der Waals surface area (Å²) in [7, 11) is 4.09. The average Bonchev–Trinajstić information content (AvgIpc) is 1.65. The third-order valence-electron chi connectivity index (χ3n) is 2.27. The Labute approximate surface area is 82.3 Å². The van der Waals surface area contributed by atoms with Crippen molar-refractivity contribution in [3.05, 3.63) is 0 Å². The molecule has 0 aromatic heterocycles. The summed E-state index contributed by atoms with van der Waals surface area (Å²) in [6, 6.07) is 0.215. The van der Waals surface area contributed by atoms with Gasteiger partial charge in [0.1, 0.15) is 0 Å². The van der Waals surface area contributed by atoms with Crippen LogP contribution in [0.3, 0.4) is 0 Å². The van der Waals surface area contributed by atoms with Gasteiger partial charge in [-0.25, -0.2) is 0 Å². The van der Waals surface area contributed by atoms with Gasteiger partial charge in [-0.15, -0.1) is 24.8 Å². The first-order valence-corrected chi connectivity index (χ1v) is 3.32. The van der Waals surface area contributed by atoms with Crippen LogP contribution in [-0.2, 0) is 0 Å². The summed E-state index contributed by atoms with van der Waals surface area (Å²) in [6.45, 7) is 6.30. The fourth-order valence-electron chi connectivity index (χ4n) is 0.407. The zero-order valence-corrected chi connectivity index (χ0v) is 9.55. The molecule has 4 heteroatoms. The van der Waals surface area contributed by atoms with Crippen molar-refractivity contribution >= 4 is 24.8 Å². The molecule has 0 aromatic rings. The highest BCUT2D eigenvalue weighted by Gasteiger charge is 2.24. The van der Waals surface area contributed by atoms with Crippen molar-refractivity contribution in [1.29, 1.82) is 0 Å². The second-order valence-electron chi connectivity index (χ2n) is 3.34. The SMILES string of the molecule is CC(N)C(C)(C)N(C)C.Cl.Cl. The van der Waals surface area contributed by atoms with Gasteiger partial charge >= 0.3 is 0 Å². The second kappa shape index (κ2) is 6.06. The number of rotatable bonds is 2. The Balaban J connectivity index is -0.000000320. The quantitative estimate of drug-likeness (QED) is 0.737. The maximum atomic E-state index is 5.73. The Hall–Kier alpha value is 0.500. The Morgan fingerprint density at radius 2 is 1.45 bits per heavy atom. The third-order valence-corrected chi connectivity index (χ3v) is 2.27. The molecule has 0 amide bonds. The van der Waals surface area contributed by atoms with E-state index in [1.165, 1.54) is 0 Å². The fraction of sp³-hybridized carbons (Fsp3) is 1.00. The molecule has 0 aromatic carbocycles. The van der Waals surface area contributed by atoms with Gasteiger partial charge in [0.05, 0.1) is 0 Å². The number of nitrogens with zero attached hydrogens (tertiary/aromatic N) is 1. The first-order valence-electron chi connectivity index (χ1n) is 3.32. The zero-order chi connectivity index (χ0) is 7.65. The van der Waals surface area contributed by atoms with Gasteiger partial charge in [-0.2, -0.15) is 0 Å². The Kier molecular flexibility index (Phi) is 9.68. The Morgan fingerprint density at radius 3 is 1.45 bits per heavy atom. The van der Waals surface area contributed by atoms with Crippen molar-refractivity contribution in [2.75, 3.05) is 14.1 Å². The smallest absolute Gasteiger partial charge is 0.0295 e. The van der Waals surface area contributed by atoms with E-state index in [4.69, 9.17) is 5.73 Å². The highest BCUT2D eigenvalue weighted by atomic mass is 35.5. The molecule has 0 heterocycles. The van der Waals surface area contributed by atoms with Crippen molar-refractivity contribution in [2.24, 2.45) is 5.73 Å². The summed E-state index contributed by atoms with van der Waals surface area (Å²) in [5.74, 6) is 0. The predicted octanol–water partition coefficient (Wildman–Crippen LogP) is 1.52. The third kappa shape index (κ3) is 4.86. The molecular formula is C7H20Cl2N2. The Morgan fingerprint density at radius 1 is 1.18 bits per heavy atom. The maximum absolute atomic E-state index is 5.73. The van der Waals surface area contributed by atoms with Crippen LogP contribution >= 0.6 is 24.8 Å². The lowest BCUT2D eigenvalue weighted by Crippen LogP contribution is -2.51. The topological polar surface area (TPSA) is 29.3 Å². The number of likely N-dealkylation sites (N-methyl/N-ethyl adjacent to an activating group) is 1. The van der Waals surface area contributed by atoms with Gasteiger partial charge in [-0.3, -0.25) is 0 Å². The van der Waals surface area contributed by atoms with Gasteiger partial charge in [-0.1, -0.05) is 0 Å². The van der Waals surface area contributed by atoms with Crippen molar-refractivity contribution in [2.45, 2.75) is 32.4 Å². The molecular weight excluding hydrogens is 183 g/mol. The van der Waals surface area contributed by atoms with E-state index in [0.717, 1.165) is 0 Å². The van der Waals surface area contributed by atoms with Gasteiger partial charge in [0.2, 0.25) is 0 Å². The van der Waals surface area contributed by atoms with E-state index in [-0.39, 0.29) is 36.4 Å². The number of nitrogens with two attached hydrogens (primary N) is 1. The summed E-state index contributed by atoms with van der Waals surface area (Å²) in [5.41, 5.74) is 5.84. The van der Waals surface area contributed by atoms with E-state index in [1.807, 2.05) is 21.0 Å². The predicted molar refractivity (Wildman–Crippen MR) is 55.9 cm³/mol. The number of halogens is 2. The van der Waals surface area contributed by atoms with E-state index in [2.05, 4.69) is 18.7 Å². The van der Waals surface area contributed by atoms with Gasteiger partial charge in [0.25, 0.3) is 0 Å². The van der Waals surface area contributed by atoms with E-state index in [9.17, 15) is 0 Å². The van der Waals surface area contributed by atoms with E-state index in [0.29, 0.717) is 0 Å². The molecule has 11 heavy (non-hydrogen) atoms. The van der Waals surface area contributed by atoms with Crippen molar-refractivity contribution in [1.82, 2.24) is 4.90 Å². The summed E-state index contributed by atoms with van der Waals surface area (Å²) in [5, 5.41) is 0. The molecule has 0 saturated carbocycles. The minimum absolute atomic E-state index is 0. The van der Waals surface area contributed by atoms with Crippen LogP contribution in [0.2, 0.25) is 0 Å². The summed E-state index contributed by atoms with van der Waals surface area (Å²) in [4.78, 5) is 2.14. The molecule has 1 unspecified atom stereocenters. The first-order chi connectivity index (χ1) is 3.89. The molecule has 0 aliphatic rings. The van der Waals surface area contributed by atoms with Gasteiger partial charge in [0.15, 0.2) is 0 Å². The van der Waals surface area contributed by atoms with Crippen LogP contribution in [0.4, 0.5) is 0 Å². The van der Waals surface area contributed by atoms with Crippen LogP contribution in [-0.4, -0.2) is 30.6 Å². The highest BCUT2D eigenvalue weighted by Crippen LogP contribution is 2.12. The van der Waals surface area contributed by atoms with Gasteiger partial charge in [0, 0.05) is 11.6 Å². The molecule has 0 spiro atoms. The van der Waals surface area contributed by atoms with Crippen LogP contribution < -0.4 is 5.73 Å². The highest BCUT2D eigenvalue weighted by molar-refractivity contribution is 5.85. The lowest BCUT2D eigenvalue weighted by Gasteiger charge is -2.36. The van der Waals surface area contributed by atoms with Crippen molar-refractivity contribution in [3.63, 3.8) is 0 Å². The number of hydrogen-bond acceptors (Lipinski definition) is 2. The monoisotopic (exact) mass is 202 g/mol. The van der Waals surface area contributed by atoms with Crippen LogP contribution in [0.15, 0.2) is 0 Å². The molecule has 0 aliphatic carbocycles. The van der Waals surface area contributed by atoms with Crippen LogP contribution in [0.5, 0.6) is 0 Å². The van der Waals surface area contributed by atoms with Crippen molar-refractivity contribution < 1.29 is 0 Å². The van der Waals surface area contributed by atoms with E-state index < -0.39 is 0 Å². The lowest BCUT2D eigenvalue weighted by atomic mass is 9.96. The standard InChI is InChI=1S/C7H18N2.2ClH/c1-6(8)7(2,3)9(4)5;;/h6H,8H2,1-5H3;2*1H. The fourth-order valence-corrected chi connectivity index (χ4v) is 0.407. The molecule has 0 radical (unpaired) electrons. The molecule has 1 atom stereocenters. The molecule has 0 saturated heterocycles. The molecule has 0 aliphatic heterocycles. The molecule has 2 nitrogen and oxygen atoms in total. The summed E-state index contributed by atoms with van der Waals surface area (Å²) < 4.78 is 0. The largest absolute Gasteiger partial charge is 0.326 e. The van der Waals surface area contributed by atoms with Crippen molar-refractivity contribution in [3.8, 4) is 0 Å². The zero-order valence-electron chi connectivity index (χ0n) is 7.92. The molecule has 0 bridgehead atoms. The summed E-state index contributed by atoms with van der Waals surface area (Å²) >= 11 is 0. The Bertz CT molecular complexity index is 82.4. The minimum atomic E-state index is 0. The van der Waals surface area contributed by atoms with Crippen LogP contribution in [0.1, 0.15) is 20.8 Å². The second-order valence-corrected chi connectivity index (χ2v) is 3.34. The van der Waals surface area contributed by atoms with Gasteiger partial charge < -0.3 is 10.6 Å². The van der Waals surface area contributed by atoms with E-state index >= 15 is 0 Å². The molecule has 0 rings (SSSR count). The molecule has 72 valence electrons. The first kappa shape index (κ1) is 17.5. The van der Waals surface area contributed by atoms with E-state index in [1.54, 1.807) is 0 Å². The number of hydrogen-bond donors (Lipinski definition) is 1. The lowest BCUT2D eigenvalue weighted by molar-refractivity contribution is 0.166.